The molecule has 1 aromatic rings. The van der Waals surface area contributed by atoms with Crippen LogP contribution in [-0.2, 0) is 9.53 Å². The summed E-state index contributed by atoms with van der Waals surface area (Å²) in [4.78, 5) is 21.0. The van der Waals surface area contributed by atoms with Crippen molar-refractivity contribution in [3.63, 3.8) is 0 Å². The average Bonchev–Trinajstić information content (AvgIpc) is 3.27. The molecule has 3 heterocycles. The molecule has 1 aromatic heterocycles. The van der Waals surface area contributed by atoms with Gasteiger partial charge in [0.05, 0.1) is 12.1 Å². The summed E-state index contributed by atoms with van der Waals surface area (Å²) in [6, 6.07) is 0. The van der Waals surface area contributed by atoms with E-state index in [1.165, 1.54) is 0 Å². The predicted octanol–water partition coefficient (Wildman–Crippen LogP) is 3.38. The molecule has 1 fully saturated rings. The fourth-order valence-corrected chi connectivity index (χ4v) is 3.76. The lowest BCUT2D eigenvalue weighted by atomic mass is 9.83. The van der Waals surface area contributed by atoms with E-state index in [4.69, 9.17) is 4.74 Å². The first-order chi connectivity index (χ1) is 12.7. The monoisotopic (exact) mass is 392 g/mol. The Balaban J connectivity index is 0.000000451. The second kappa shape index (κ2) is 9.46. The minimum atomic E-state index is -0.588. The minimum Gasteiger partial charge on any atom is -0.459 e. The van der Waals surface area contributed by atoms with Crippen molar-refractivity contribution in [2.45, 2.75) is 58.6 Å². The second-order valence-electron chi connectivity index (χ2n) is 8.46. The molecule has 2 aliphatic rings. The molecular weight excluding hydrogens is 360 g/mol. The summed E-state index contributed by atoms with van der Waals surface area (Å²) in [5.74, 6) is 0.574. The molecule has 0 spiro atoms. The average molecular weight is 393 g/mol. The lowest BCUT2D eigenvalue weighted by Crippen LogP contribution is -2.51. The summed E-state index contributed by atoms with van der Waals surface area (Å²) in [5, 5.41) is 8.59. The van der Waals surface area contributed by atoms with Crippen molar-refractivity contribution in [2.24, 2.45) is 16.8 Å². The fourth-order valence-electron chi connectivity index (χ4n) is 3.41. The van der Waals surface area contributed by atoms with Gasteiger partial charge in [0.25, 0.3) is 0 Å². The molecule has 150 valence electrons. The molecule has 0 aromatic carbocycles. The molecule has 0 bridgehead atoms. The molecule has 1 saturated heterocycles. The van der Waals surface area contributed by atoms with Crippen LogP contribution in [-0.4, -0.2) is 40.9 Å². The summed E-state index contributed by atoms with van der Waals surface area (Å²) in [5.41, 5.74) is 1.85. The molecule has 0 saturated carbocycles. The van der Waals surface area contributed by atoms with E-state index in [1.54, 1.807) is 29.2 Å². The number of aromatic nitrogens is 1. The van der Waals surface area contributed by atoms with Crippen molar-refractivity contribution in [3.8, 4) is 0 Å². The maximum atomic E-state index is 12.8. The second-order valence-corrected chi connectivity index (χ2v) is 9.21. The van der Waals surface area contributed by atoms with Crippen molar-refractivity contribution in [1.82, 2.24) is 15.6 Å². The number of nitrogens with zero attached hydrogens (tertiary/aromatic N) is 2. The molecule has 2 aliphatic heterocycles. The Morgan fingerprint density at radius 3 is 2.70 bits per heavy atom. The zero-order chi connectivity index (χ0) is 19.9. The summed E-state index contributed by atoms with van der Waals surface area (Å²) in [6.07, 6.45) is 6.95. The van der Waals surface area contributed by atoms with Crippen molar-refractivity contribution in [1.29, 1.82) is 0 Å². The highest BCUT2D eigenvalue weighted by atomic mass is 32.1. The highest BCUT2D eigenvalue weighted by molar-refractivity contribution is 7.07. The highest BCUT2D eigenvalue weighted by Crippen LogP contribution is 2.34. The molecule has 6 nitrogen and oxygen atoms in total. The van der Waals surface area contributed by atoms with Crippen LogP contribution < -0.4 is 10.6 Å². The first-order valence-electron chi connectivity index (χ1n) is 9.47. The molecule has 2 N–H and O–H groups in total. The van der Waals surface area contributed by atoms with Crippen LogP contribution in [0.4, 0.5) is 0 Å². The summed E-state index contributed by atoms with van der Waals surface area (Å²) in [7, 11) is 0. The zero-order valence-electron chi connectivity index (χ0n) is 17.0. The Bertz CT molecular complexity index is 632. The smallest absolute Gasteiger partial charge is 0.326 e. The molecule has 27 heavy (non-hydrogen) atoms. The van der Waals surface area contributed by atoms with Crippen molar-refractivity contribution in [3.05, 3.63) is 29.5 Å². The number of aliphatic imine (C=N–C) groups is 1. The third-order valence-corrected chi connectivity index (χ3v) is 4.88. The van der Waals surface area contributed by atoms with E-state index in [9.17, 15) is 4.79 Å². The Hall–Kier alpha value is -1.73. The predicted molar refractivity (Wildman–Crippen MR) is 111 cm³/mol. The largest absolute Gasteiger partial charge is 0.459 e. The number of esters is 1. The van der Waals surface area contributed by atoms with Gasteiger partial charge in [0.15, 0.2) is 0 Å². The Labute approximate surface area is 166 Å². The number of carbonyl (C=O) groups excluding carboxylic acids is 1. The maximum absolute atomic E-state index is 12.8. The van der Waals surface area contributed by atoms with Crippen LogP contribution in [0.2, 0.25) is 0 Å². The Kier molecular flexibility index (Phi) is 7.56. The molecule has 3 rings (SSSR count). The summed E-state index contributed by atoms with van der Waals surface area (Å²) < 4.78 is 5.69. The summed E-state index contributed by atoms with van der Waals surface area (Å²) in [6.45, 7) is 11.6. The molecule has 0 unspecified atom stereocenters. The van der Waals surface area contributed by atoms with Crippen LogP contribution in [0.3, 0.4) is 0 Å². The molecule has 7 heteroatoms. The number of thiazole rings is 1. The third kappa shape index (κ3) is 6.74. The van der Waals surface area contributed by atoms with Crippen molar-refractivity contribution in [2.75, 3.05) is 13.1 Å². The normalized spacial score (nSPS) is 24.7. The highest BCUT2D eigenvalue weighted by Gasteiger charge is 2.48. The molecular formula is C20H32N4O2S. The van der Waals surface area contributed by atoms with Crippen molar-refractivity contribution >= 4 is 23.0 Å². The topological polar surface area (TPSA) is 75.6 Å². The Morgan fingerprint density at radius 1 is 1.44 bits per heavy atom. The van der Waals surface area contributed by atoms with Gasteiger partial charge < -0.3 is 15.4 Å². The van der Waals surface area contributed by atoms with Gasteiger partial charge in [0.1, 0.15) is 11.1 Å². The van der Waals surface area contributed by atoms with Crippen LogP contribution in [0.1, 0.15) is 47.5 Å². The number of carbonyl (C=O) groups is 1. The summed E-state index contributed by atoms with van der Waals surface area (Å²) >= 11 is 1.60. The molecule has 0 radical (unpaired) electrons. The molecule has 0 amide bonds. The third-order valence-electron chi connectivity index (χ3n) is 4.36. The number of hydrogen-bond acceptors (Lipinski definition) is 7. The van der Waals surface area contributed by atoms with E-state index >= 15 is 0 Å². The van der Waals surface area contributed by atoms with Gasteiger partial charge in [-0.25, -0.2) is 0 Å². The maximum Gasteiger partial charge on any atom is 0.326 e. The Morgan fingerprint density at radius 2 is 2.22 bits per heavy atom. The van der Waals surface area contributed by atoms with E-state index in [2.05, 4.69) is 34.5 Å². The molecule has 2 atom stereocenters. The van der Waals surface area contributed by atoms with Gasteiger partial charge in [0, 0.05) is 42.2 Å². The lowest BCUT2D eigenvalue weighted by molar-refractivity contribution is -0.163. The first-order valence-corrected chi connectivity index (χ1v) is 10.4. The first kappa shape index (κ1) is 21.6. The van der Waals surface area contributed by atoms with Crippen molar-refractivity contribution < 1.29 is 9.53 Å². The van der Waals surface area contributed by atoms with E-state index < -0.39 is 11.1 Å². The van der Waals surface area contributed by atoms with Gasteiger partial charge in [-0.15, -0.1) is 11.3 Å². The van der Waals surface area contributed by atoms with E-state index in [-0.39, 0.29) is 11.9 Å². The SMILES string of the molecule is CC(C)C[C@@]1(C(=O)OC(C)(C)C)C[C@H](C2=NC=CNC2)CN1.c1cscn1. The van der Waals surface area contributed by atoms with Gasteiger partial charge in [-0.2, -0.15) is 0 Å². The van der Waals surface area contributed by atoms with Crippen LogP contribution >= 0.6 is 11.3 Å². The van der Waals surface area contributed by atoms with Crippen LogP contribution in [0.5, 0.6) is 0 Å². The van der Waals surface area contributed by atoms with E-state index in [1.807, 2.05) is 32.4 Å². The lowest BCUT2D eigenvalue weighted by Gasteiger charge is -2.33. The molecule has 0 aliphatic carbocycles. The van der Waals surface area contributed by atoms with Gasteiger partial charge >= 0.3 is 5.97 Å². The standard InChI is InChI=1S/C17H29N3O2.C3H3NS/c1-12(2)8-17(15(21)22-16(3,4)5)9-13(10-20-17)14-11-18-6-7-19-14;1-2-5-3-4-1/h6-7,12-13,18,20H,8-11H2,1-5H3;1-3H/t13-,17-;/m0./s1. The number of ether oxygens (including phenoxy) is 1. The van der Waals surface area contributed by atoms with Gasteiger partial charge in [-0.1, -0.05) is 13.8 Å². The number of hydrogen-bond donors (Lipinski definition) is 2. The number of nitrogens with one attached hydrogen (secondary N) is 2. The van der Waals surface area contributed by atoms with Gasteiger partial charge in [-0.3, -0.25) is 14.8 Å². The van der Waals surface area contributed by atoms with E-state index in [0.717, 1.165) is 31.6 Å². The van der Waals surface area contributed by atoms with Crippen LogP contribution in [0.25, 0.3) is 0 Å². The van der Waals surface area contributed by atoms with Gasteiger partial charge in [0.2, 0.25) is 0 Å². The minimum absolute atomic E-state index is 0.129. The number of rotatable bonds is 4. The zero-order valence-corrected chi connectivity index (χ0v) is 17.8. The van der Waals surface area contributed by atoms with Crippen LogP contribution in [0, 0.1) is 11.8 Å². The van der Waals surface area contributed by atoms with Crippen LogP contribution in [0.15, 0.2) is 34.5 Å². The van der Waals surface area contributed by atoms with E-state index in [0.29, 0.717) is 5.92 Å². The van der Waals surface area contributed by atoms with Gasteiger partial charge in [-0.05, 0) is 39.5 Å². The fraction of sp³-hybridized carbons (Fsp3) is 0.650. The quantitative estimate of drug-likeness (QED) is 0.768.